The van der Waals surface area contributed by atoms with Crippen molar-refractivity contribution in [3.8, 4) is 17.0 Å². The van der Waals surface area contributed by atoms with Gasteiger partial charge in [0.1, 0.15) is 5.75 Å². The van der Waals surface area contributed by atoms with Gasteiger partial charge in [0, 0.05) is 36.3 Å². The normalized spacial score (nSPS) is 15.3. The van der Waals surface area contributed by atoms with Crippen LogP contribution in [0.5, 0.6) is 5.75 Å². The highest BCUT2D eigenvalue weighted by atomic mass is 79.9. The summed E-state index contributed by atoms with van der Waals surface area (Å²) in [6.07, 6.45) is 1.20. The van der Waals surface area contributed by atoms with Crippen LogP contribution < -0.4 is 4.74 Å². The molecule has 112 valence electrons. The van der Waals surface area contributed by atoms with E-state index in [-0.39, 0.29) is 6.10 Å². The zero-order chi connectivity index (χ0) is 15.0. The van der Waals surface area contributed by atoms with Crippen LogP contribution >= 0.6 is 15.9 Å². The van der Waals surface area contributed by atoms with E-state index in [2.05, 4.69) is 50.2 Å². The van der Waals surface area contributed by atoms with Crippen LogP contribution in [0.4, 0.5) is 0 Å². The van der Waals surface area contributed by atoms with E-state index in [4.69, 9.17) is 4.74 Å². The van der Waals surface area contributed by atoms with E-state index >= 15 is 0 Å². The van der Waals surface area contributed by atoms with Crippen LogP contribution in [0, 0.1) is 0 Å². The van der Waals surface area contributed by atoms with Crippen LogP contribution in [0.15, 0.2) is 22.7 Å². The molecule has 5 heteroatoms. The summed E-state index contributed by atoms with van der Waals surface area (Å²) in [5, 5.41) is 7.71. The largest absolute Gasteiger partial charge is 0.490 e. The smallest absolute Gasteiger partial charge is 0.133 e. The minimum absolute atomic E-state index is 0.166. The minimum atomic E-state index is 0.166. The number of fused-ring (bicyclic) bond motifs is 1. The van der Waals surface area contributed by atoms with Gasteiger partial charge in [0.15, 0.2) is 0 Å². The van der Waals surface area contributed by atoms with Crippen molar-refractivity contribution >= 4 is 15.9 Å². The second-order valence-corrected chi connectivity index (χ2v) is 6.68. The standard InChI is InChI=1S/C16H20BrN3O/c1-10(2)21-15-5-4-11(8-13(15)17)16-12-9-20(3)7-6-14(12)18-19-16/h4-5,8,10H,6-7,9H2,1-3H3,(H,18,19). The Bertz CT molecular complexity index is 651. The quantitative estimate of drug-likeness (QED) is 0.919. The van der Waals surface area contributed by atoms with Crippen molar-refractivity contribution in [3.63, 3.8) is 0 Å². The number of nitrogens with zero attached hydrogens (tertiary/aromatic N) is 2. The van der Waals surface area contributed by atoms with Gasteiger partial charge in [0.05, 0.1) is 16.3 Å². The van der Waals surface area contributed by atoms with Crippen molar-refractivity contribution in [2.45, 2.75) is 32.9 Å². The van der Waals surface area contributed by atoms with Gasteiger partial charge in [-0.15, -0.1) is 0 Å². The summed E-state index contributed by atoms with van der Waals surface area (Å²) in [6.45, 7) is 6.09. The van der Waals surface area contributed by atoms with Crippen molar-refractivity contribution in [2.24, 2.45) is 0 Å². The number of ether oxygens (including phenoxy) is 1. The zero-order valence-corrected chi connectivity index (χ0v) is 14.2. The predicted octanol–water partition coefficient (Wildman–Crippen LogP) is 3.61. The monoisotopic (exact) mass is 349 g/mol. The van der Waals surface area contributed by atoms with Gasteiger partial charge in [-0.2, -0.15) is 5.10 Å². The molecule has 2 aromatic rings. The summed E-state index contributed by atoms with van der Waals surface area (Å²) < 4.78 is 6.73. The van der Waals surface area contributed by atoms with Crippen LogP contribution in [0.25, 0.3) is 11.3 Å². The van der Waals surface area contributed by atoms with Gasteiger partial charge in [-0.1, -0.05) is 0 Å². The lowest BCUT2D eigenvalue weighted by Gasteiger charge is -2.22. The maximum Gasteiger partial charge on any atom is 0.133 e. The third-order valence-electron chi connectivity index (χ3n) is 3.69. The number of rotatable bonds is 3. The van der Waals surface area contributed by atoms with Crippen LogP contribution in [0.2, 0.25) is 0 Å². The first-order valence-electron chi connectivity index (χ1n) is 7.26. The topological polar surface area (TPSA) is 41.1 Å². The Kier molecular flexibility index (Phi) is 4.04. The second-order valence-electron chi connectivity index (χ2n) is 5.83. The summed E-state index contributed by atoms with van der Waals surface area (Å²) in [5.74, 6) is 0.871. The van der Waals surface area contributed by atoms with E-state index < -0.39 is 0 Å². The molecule has 0 spiro atoms. The first kappa shape index (κ1) is 14.6. The average Bonchev–Trinajstić information content (AvgIpc) is 2.83. The molecule has 1 aromatic carbocycles. The molecule has 0 amide bonds. The Hall–Kier alpha value is -1.33. The van der Waals surface area contributed by atoms with E-state index in [1.165, 1.54) is 11.3 Å². The number of benzene rings is 1. The zero-order valence-electron chi connectivity index (χ0n) is 12.6. The van der Waals surface area contributed by atoms with E-state index in [9.17, 15) is 0 Å². The fourth-order valence-corrected chi connectivity index (χ4v) is 3.14. The molecule has 4 nitrogen and oxygen atoms in total. The van der Waals surface area contributed by atoms with Gasteiger partial charge in [0.2, 0.25) is 0 Å². The lowest BCUT2D eigenvalue weighted by Crippen LogP contribution is -2.26. The van der Waals surface area contributed by atoms with E-state index in [1.54, 1.807) is 0 Å². The molecule has 1 aromatic heterocycles. The fraction of sp³-hybridized carbons (Fsp3) is 0.438. The van der Waals surface area contributed by atoms with Gasteiger partial charge >= 0.3 is 0 Å². The summed E-state index contributed by atoms with van der Waals surface area (Å²) >= 11 is 3.60. The van der Waals surface area contributed by atoms with Crippen LogP contribution in [0.3, 0.4) is 0 Å². The van der Waals surface area contributed by atoms with E-state index in [0.717, 1.165) is 41.0 Å². The number of halogens is 1. The third kappa shape index (κ3) is 2.99. The maximum atomic E-state index is 5.76. The molecule has 0 atom stereocenters. The molecule has 0 saturated heterocycles. The molecule has 0 unspecified atom stereocenters. The van der Waals surface area contributed by atoms with Crippen LogP contribution in [0.1, 0.15) is 25.1 Å². The molecule has 0 aliphatic carbocycles. The summed E-state index contributed by atoms with van der Waals surface area (Å²) in [6, 6.07) is 6.17. The number of likely N-dealkylation sites (N-methyl/N-ethyl adjacent to an activating group) is 1. The first-order chi connectivity index (χ1) is 10.0. The Morgan fingerprint density at radius 3 is 2.90 bits per heavy atom. The second kappa shape index (κ2) is 5.81. The van der Waals surface area contributed by atoms with Gasteiger partial charge in [0.25, 0.3) is 0 Å². The molecule has 1 aliphatic rings. The highest BCUT2D eigenvalue weighted by molar-refractivity contribution is 9.10. The van der Waals surface area contributed by atoms with Crippen LogP contribution in [-0.2, 0) is 13.0 Å². The Labute approximate surface area is 133 Å². The molecule has 0 bridgehead atoms. The molecule has 0 radical (unpaired) electrons. The molecular weight excluding hydrogens is 330 g/mol. The predicted molar refractivity (Wildman–Crippen MR) is 87.5 cm³/mol. The third-order valence-corrected chi connectivity index (χ3v) is 4.31. The van der Waals surface area contributed by atoms with E-state index in [0.29, 0.717) is 0 Å². The van der Waals surface area contributed by atoms with Gasteiger partial charge in [-0.05, 0) is 55.0 Å². The Morgan fingerprint density at radius 1 is 1.38 bits per heavy atom. The lowest BCUT2D eigenvalue weighted by molar-refractivity contribution is 0.241. The van der Waals surface area contributed by atoms with Crippen molar-refractivity contribution < 1.29 is 4.74 Å². The van der Waals surface area contributed by atoms with Crippen LogP contribution in [-0.4, -0.2) is 34.8 Å². The lowest BCUT2D eigenvalue weighted by atomic mass is 10.0. The Balaban J connectivity index is 1.95. The van der Waals surface area contributed by atoms with Gasteiger partial charge in [-0.25, -0.2) is 0 Å². The molecule has 2 heterocycles. The molecule has 0 fully saturated rings. The van der Waals surface area contributed by atoms with Crippen molar-refractivity contribution in [1.29, 1.82) is 0 Å². The first-order valence-corrected chi connectivity index (χ1v) is 8.05. The van der Waals surface area contributed by atoms with Gasteiger partial charge in [-0.3, -0.25) is 5.10 Å². The number of hydrogen-bond donors (Lipinski definition) is 1. The average molecular weight is 350 g/mol. The molecule has 0 saturated carbocycles. The summed E-state index contributed by atoms with van der Waals surface area (Å²) in [5.41, 5.74) is 4.74. The fourth-order valence-electron chi connectivity index (χ4n) is 2.67. The maximum absolute atomic E-state index is 5.76. The summed E-state index contributed by atoms with van der Waals surface area (Å²) in [4.78, 5) is 2.33. The van der Waals surface area contributed by atoms with E-state index in [1.807, 2.05) is 19.9 Å². The Morgan fingerprint density at radius 2 is 2.19 bits per heavy atom. The van der Waals surface area contributed by atoms with Gasteiger partial charge < -0.3 is 9.64 Å². The SMILES string of the molecule is CC(C)Oc1ccc(-c2n[nH]c3c2CN(C)CC3)cc1Br. The van der Waals surface area contributed by atoms with Crippen molar-refractivity contribution in [3.05, 3.63) is 33.9 Å². The minimum Gasteiger partial charge on any atom is -0.490 e. The summed E-state index contributed by atoms with van der Waals surface area (Å²) in [7, 11) is 2.15. The molecular formula is C16H20BrN3O. The number of H-pyrrole nitrogens is 1. The number of hydrogen-bond acceptors (Lipinski definition) is 3. The number of nitrogens with one attached hydrogen (secondary N) is 1. The molecule has 1 aliphatic heterocycles. The number of aromatic nitrogens is 2. The molecule has 3 rings (SSSR count). The molecule has 21 heavy (non-hydrogen) atoms. The highest BCUT2D eigenvalue weighted by Gasteiger charge is 2.21. The molecule has 1 N–H and O–H groups in total. The number of aromatic amines is 1. The highest BCUT2D eigenvalue weighted by Crippen LogP contribution is 2.33. The van der Waals surface area contributed by atoms with Crippen molar-refractivity contribution in [1.82, 2.24) is 15.1 Å². The van der Waals surface area contributed by atoms with Crippen molar-refractivity contribution in [2.75, 3.05) is 13.6 Å².